The molecule has 1 amide bonds. The van der Waals surface area contributed by atoms with Crippen LogP contribution in [-0.4, -0.2) is 29.0 Å². The molecule has 22 heavy (non-hydrogen) atoms. The largest absolute Gasteiger partial charge is 0.497 e. The zero-order valence-corrected chi connectivity index (χ0v) is 13.0. The molecule has 0 bridgehead atoms. The molecule has 0 fully saturated rings. The predicted octanol–water partition coefficient (Wildman–Crippen LogP) is 2.77. The van der Waals surface area contributed by atoms with Crippen LogP contribution in [0, 0.1) is 0 Å². The molecule has 0 radical (unpaired) electrons. The molecule has 1 heterocycles. The second kappa shape index (κ2) is 6.46. The molecule has 0 saturated carbocycles. The number of carbonyl (C=O) groups is 1. The van der Waals surface area contributed by atoms with Gasteiger partial charge in [0.2, 0.25) is 11.8 Å². The Kier molecular flexibility index (Phi) is 4.65. The second-order valence-electron chi connectivity index (χ2n) is 5.59. The summed E-state index contributed by atoms with van der Waals surface area (Å²) in [6, 6.07) is 7.28. The van der Waals surface area contributed by atoms with Gasteiger partial charge in [-0.2, -0.15) is 0 Å². The summed E-state index contributed by atoms with van der Waals surface area (Å²) in [4.78, 5) is 11.6. The van der Waals surface area contributed by atoms with Crippen molar-refractivity contribution in [2.24, 2.45) is 0 Å². The summed E-state index contributed by atoms with van der Waals surface area (Å²) >= 11 is 0. The molecule has 1 N–H and O–H groups in total. The predicted molar refractivity (Wildman–Crippen MR) is 79.4 cm³/mol. The highest BCUT2D eigenvalue weighted by atomic mass is 16.6. The highest BCUT2D eigenvalue weighted by Gasteiger charge is 2.17. The molecule has 0 aliphatic heterocycles. The van der Waals surface area contributed by atoms with E-state index in [1.54, 1.807) is 33.9 Å². The first-order valence-corrected chi connectivity index (χ1v) is 6.81. The first kappa shape index (κ1) is 15.8. The molecule has 0 spiro atoms. The van der Waals surface area contributed by atoms with Gasteiger partial charge in [0.1, 0.15) is 11.4 Å². The van der Waals surface area contributed by atoms with E-state index in [1.807, 2.05) is 18.2 Å². The lowest BCUT2D eigenvalue weighted by molar-refractivity contribution is 0.0519. The standard InChI is InChI=1S/C15H19N3O4/c1-15(2,3)22-14(19)16-9-12-17-18-13(21-12)10-6-5-7-11(8-10)20-4/h5-8H,9H2,1-4H3,(H,16,19). The number of nitrogens with one attached hydrogen (secondary N) is 1. The van der Waals surface area contributed by atoms with Crippen LogP contribution in [0.25, 0.3) is 11.5 Å². The molecule has 2 rings (SSSR count). The summed E-state index contributed by atoms with van der Waals surface area (Å²) in [5, 5.41) is 10.4. The average Bonchev–Trinajstić information content (AvgIpc) is 2.92. The summed E-state index contributed by atoms with van der Waals surface area (Å²) < 4.78 is 15.8. The quantitative estimate of drug-likeness (QED) is 0.934. The molecular formula is C15H19N3O4. The molecule has 1 aromatic carbocycles. The number of aromatic nitrogens is 2. The third-order valence-electron chi connectivity index (χ3n) is 2.57. The van der Waals surface area contributed by atoms with Crippen LogP contribution in [0.1, 0.15) is 26.7 Å². The Bertz CT molecular complexity index is 646. The van der Waals surface area contributed by atoms with E-state index >= 15 is 0 Å². The number of methoxy groups -OCH3 is 1. The van der Waals surface area contributed by atoms with Crippen molar-refractivity contribution in [1.29, 1.82) is 0 Å². The SMILES string of the molecule is COc1cccc(-c2nnc(CNC(=O)OC(C)(C)C)o2)c1. The zero-order valence-electron chi connectivity index (χ0n) is 13.0. The van der Waals surface area contributed by atoms with Crippen LogP contribution in [0.15, 0.2) is 28.7 Å². The lowest BCUT2D eigenvalue weighted by Crippen LogP contribution is -2.32. The van der Waals surface area contributed by atoms with E-state index in [0.717, 1.165) is 5.56 Å². The Labute approximate surface area is 128 Å². The Hall–Kier alpha value is -2.57. The lowest BCUT2D eigenvalue weighted by atomic mass is 10.2. The fraction of sp³-hybridized carbons (Fsp3) is 0.400. The second-order valence-corrected chi connectivity index (χ2v) is 5.59. The molecule has 0 aliphatic rings. The Morgan fingerprint density at radius 1 is 1.32 bits per heavy atom. The van der Waals surface area contributed by atoms with Gasteiger partial charge >= 0.3 is 6.09 Å². The van der Waals surface area contributed by atoms with Gasteiger partial charge in [0.05, 0.1) is 13.7 Å². The highest BCUT2D eigenvalue weighted by molar-refractivity contribution is 5.67. The van der Waals surface area contributed by atoms with Crippen molar-refractivity contribution in [3.05, 3.63) is 30.2 Å². The fourth-order valence-corrected chi connectivity index (χ4v) is 1.66. The van der Waals surface area contributed by atoms with Gasteiger partial charge in [0, 0.05) is 5.56 Å². The van der Waals surface area contributed by atoms with Crippen molar-refractivity contribution in [1.82, 2.24) is 15.5 Å². The third-order valence-corrected chi connectivity index (χ3v) is 2.57. The lowest BCUT2D eigenvalue weighted by Gasteiger charge is -2.19. The third kappa shape index (κ3) is 4.47. The normalized spacial score (nSPS) is 11.1. The summed E-state index contributed by atoms with van der Waals surface area (Å²) in [7, 11) is 1.59. The van der Waals surface area contributed by atoms with Crippen LogP contribution in [0.2, 0.25) is 0 Å². The first-order chi connectivity index (χ1) is 10.4. The Morgan fingerprint density at radius 3 is 2.77 bits per heavy atom. The molecule has 118 valence electrons. The van der Waals surface area contributed by atoms with Crippen molar-refractivity contribution in [2.45, 2.75) is 32.9 Å². The molecule has 0 aliphatic carbocycles. The number of amides is 1. The summed E-state index contributed by atoms with van der Waals surface area (Å²) in [6.45, 7) is 5.48. The van der Waals surface area contributed by atoms with E-state index in [-0.39, 0.29) is 6.54 Å². The van der Waals surface area contributed by atoms with Crippen LogP contribution >= 0.6 is 0 Å². The minimum atomic E-state index is -0.551. The molecule has 1 aromatic heterocycles. The van der Waals surface area contributed by atoms with Gasteiger partial charge in [-0.3, -0.25) is 0 Å². The van der Waals surface area contributed by atoms with Crippen LogP contribution in [-0.2, 0) is 11.3 Å². The van der Waals surface area contributed by atoms with Gasteiger partial charge in [-0.15, -0.1) is 10.2 Å². The van der Waals surface area contributed by atoms with Gasteiger partial charge in [-0.25, -0.2) is 4.79 Å². The highest BCUT2D eigenvalue weighted by Crippen LogP contribution is 2.22. The molecule has 0 saturated heterocycles. The van der Waals surface area contributed by atoms with Gasteiger partial charge < -0.3 is 19.2 Å². The van der Waals surface area contributed by atoms with Gasteiger partial charge in [-0.05, 0) is 39.0 Å². The monoisotopic (exact) mass is 305 g/mol. The number of rotatable bonds is 4. The van der Waals surface area contributed by atoms with Crippen LogP contribution in [0.4, 0.5) is 4.79 Å². The Morgan fingerprint density at radius 2 is 2.09 bits per heavy atom. The van der Waals surface area contributed by atoms with E-state index < -0.39 is 11.7 Å². The topological polar surface area (TPSA) is 86.5 Å². The summed E-state index contributed by atoms with van der Waals surface area (Å²) in [6.07, 6.45) is -0.534. The van der Waals surface area contributed by atoms with Gasteiger partial charge in [0.15, 0.2) is 0 Å². The fourth-order valence-electron chi connectivity index (χ4n) is 1.66. The minimum absolute atomic E-state index is 0.103. The van der Waals surface area contributed by atoms with Gasteiger partial charge in [0.25, 0.3) is 0 Å². The molecule has 7 heteroatoms. The molecule has 2 aromatic rings. The van der Waals surface area contributed by atoms with E-state index in [0.29, 0.717) is 17.5 Å². The van der Waals surface area contributed by atoms with Crippen molar-refractivity contribution in [2.75, 3.05) is 7.11 Å². The average molecular weight is 305 g/mol. The maximum atomic E-state index is 11.6. The number of benzene rings is 1. The van der Waals surface area contributed by atoms with Crippen molar-refractivity contribution >= 4 is 6.09 Å². The van der Waals surface area contributed by atoms with Crippen LogP contribution < -0.4 is 10.1 Å². The Balaban J connectivity index is 1.98. The first-order valence-electron chi connectivity index (χ1n) is 6.81. The maximum Gasteiger partial charge on any atom is 0.408 e. The van der Waals surface area contributed by atoms with E-state index in [2.05, 4.69) is 15.5 Å². The van der Waals surface area contributed by atoms with E-state index in [1.165, 1.54) is 0 Å². The molecule has 0 unspecified atom stereocenters. The van der Waals surface area contributed by atoms with Gasteiger partial charge in [-0.1, -0.05) is 6.07 Å². The maximum absolute atomic E-state index is 11.6. The van der Waals surface area contributed by atoms with Crippen molar-refractivity contribution in [3.8, 4) is 17.2 Å². The molecule has 7 nitrogen and oxygen atoms in total. The minimum Gasteiger partial charge on any atom is -0.497 e. The molecule has 0 atom stereocenters. The number of nitrogens with zero attached hydrogens (tertiary/aromatic N) is 2. The molecular weight excluding hydrogens is 286 g/mol. The van der Waals surface area contributed by atoms with Crippen LogP contribution in [0.5, 0.6) is 5.75 Å². The van der Waals surface area contributed by atoms with Crippen LogP contribution in [0.3, 0.4) is 0 Å². The van der Waals surface area contributed by atoms with Crippen molar-refractivity contribution < 1.29 is 18.7 Å². The number of alkyl carbamates (subject to hydrolysis) is 1. The number of hydrogen-bond acceptors (Lipinski definition) is 6. The number of hydrogen-bond donors (Lipinski definition) is 1. The van der Waals surface area contributed by atoms with E-state index in [4.69, 9.17) is 13.9 Å². The number of carbonyl (C=O) groups excluding carboxylic acids is 1. The smallest absolute Gasteiger partial charge is 0.408 e. The summed E-state index contributed by atoms with van der Waals surface area (Å²) in [5.41, 5.74) is 0.195. The summed E-state index contributed by atoms with van der Waals surface area (Å²) in [5.74, 6) is 1.35. The number of ether oxygens (including phenoxy) is 2. The van der Waals surface area contributed by atoms with E-state index in [9.17, 15) is 4.79 Å². The van der Waals surface area contributed by atoms with Crippen molar-refractivity contribution in [3.63, 3.8) is 0 Å². The zero-order chi connectivity index (χ0) is 16.2.